The number of hydrogen-bond donors (Lipinski definition) is 2. The first-order valence-corrected chi connectivity index (χ1v) is 11.8. The molecule has 0 bridgehead atoms. The van der Waals surface area contributed by atoms with Crippen molar-refractivity contribution >= 4 is 23.4 Å². The zero-order valence-electron chi connectivity index (χ0n) is 19.7. The Morgan fingerprint density at radius 1 is 1.03 bits per heavy atom. The molecule has 2 N–H and O–H groups in total. The van der Waals surface area contributed by atoms with Crippen LogP contribution in [-0.2, 0) is 17.4 Å². The summed E-state index contributed by atoms with van der Waals surface area (Å²) in [6, 6.07) is 14.2. The molecule has 0 aliphatic carbocycles. The Balaban J connectivity index is 1.70. The number of hydrogen-bond acceptors (Lipinski definition) is 6. The smallest absolute Gasteiger partial charge is 0.323 e. The largest absolute Gasteiger partial charge is 0.416 e. The van der Waals surface area contributed by atoms with E-state index in [0.717, 1.165) is 11.6 Å². The number of anilines is 1. The van der Waals surface area contributed by atoms with Gasteiger partial charge in [0.2, 0.25) is 11.7 Å². The van der Waals surface area contributed by atoms with E-state index in [1.807, 2.05) is 45.0 Å². The lowest BCUT2D eigenvalue weighted by molar-refractivity contribution is -0.138. The third-order valence-electron chi connectivity index (χ3n) is 5.03. The van der Waals surface area contributed by atoms with Crippen molar-refractivity contribution in [2.24, 2.45) is 0 Å². The molecule has 0 aliphatic heterocycles. The summed E-state index contributed by atoms with van der Waals surface area (Å²) < 4.78 is 40.0. The topological polar surface area (TPSA) is 96.4 Å². The molecule has 0 saturated heterocycles. The van der Waals surface area contributed by atoms with E-state index >= 15 is 0 Å². The van der Waals surface area contributed by atoms with Gasteiger partial charge in [-0.05, 0) is 28.5 Å². The predicted molar refractivity (Wildman–Crippen MR) is 132 cm³/mol. The number of alkyl halides is 3. The minimum Gasteiger partial charge on any atom is -0.323 e. The molecule has 36 heavy (non-hydrogen) atoms. The number of thioether (sulfide) groups is 1. The summed E-state index contributed by atoms with van der Waals surface area (Å²) in [6.07, 6.45) is -3.30. The van der Waals surface area contributed by atoms with Gasteiger partial charge in [-0.25, -0.2) is 4.98 Å². The van der Waals surface area contributed by atoms with Crippen LogP contribution in [0.5, 0.6) is 0 Å². The molecule has 2 aromatic carbocycles. The van der Waals surface area contributed by atoms with E-state index < -0.39 is 24.1 Å². The molecular formula is C25H23F3N6OS. The highest BCUT2D eigenvalue weighted by Crippen LogP contribution is 2.39. The van der Waals surface area contributed by atoms with Gasteiger partial charge in [0.05, 0.1) is 17.7 Å². The monoisotopic (exact) mass is 512 g/mol. The molecule has 0 unspecified atom stereocenters. The number of amides is 1. The van der Waals surface area contributed by atoms with E-state index in [-0.39, 0.29) is 10.3 Å². The number of aromatic amines is 1. The van der Waals surface area contributed by atoms with Crippen molar-refractivity contribution in [1.29, 1.82) is 0 Å². The standard InChI is InChI=1S/C25H23F3N6OS/c1-24(2,3)36-23-20(30-21(35)13-15-8-4-7-11-19(15)25(26,27)28)12-16(14-29-23)17-9-5-6-10-18(17)22-31-33-34-32-22/h4-12,14H,13H2,1-3H3,(H,30,35)(H,31,32,33,34). The average Bonchev–Trinajstić information content (AvgIpc) is 3.34. The molecule has 0 aliphatic rings. The average molecular weight is 513 g/mol. The lowest BCUT2D eigenvalue weighted by Crippen LogP contribution is -2.19. The SMILES string of the molecule is CC(C)(C)Sc1ncc(-c2ccccc2-c2nn[nH]n2)cc1NC(=O)Cc1ccccc1C(F)(F)F. The van der Waals surface area contributed by atoms with Gasteiger partial charge in [0.15, 0.2) is 0 Å². The molecular weight excluding hydrogens is 489 g/mol. The van der Waals surface area contributed by atoms with Gasteiger partial charge in [-0.2, -0.15) is 18.4 Å². The van der Waals surface area contributed by atoms with Crippen LogP contribution in [0, 0.1) is 0 Å². The van der Waals surface area contributed by atoms with Crippen molar-refractivity contribution in [2.45, 2.75) is 43.1 Å². The number of halogens is 3. The molecule has 4 rings (SSSR count). The van der Waals surface area contributed by atoms with Crippen LogP contribution in [0.25, 0.3) is 22.5 Å². The summed E-state index contributed by atoms with van der Waals surface area (Å²) in [4.78, 5) is 17.5. The summed E-state index contributed by atoms with van der Waals surface area (Å²) in [5, 5.41) is 17.5. The van der Waals surface area contributed by atoms with Crippen LogP contribution < -0.4 is 5.32 Å². The fourth-order valence-corrected chi connectivity index (χ4v) is 4.49. The van der Waals surface area contributed by atoms with Gasteiger partial charge >= 0.3 is 6.18 Å². The summed E-state index contributed by atoms with van der Waals surface area (Å²) in [5.41, 5.74) is 1.63. The van der Waals surface area contributed by atoms with E-state index in [1.54, 1.807) is 12.3 Å². The second-order valence-corrected chi connectivity index (χ2v) is 10.8. The lowest BCUT2D eigenvalue weighted by Gasteiger charge is -2.20. The Morgan fingerprint density at radius 2 is 1.72 bits per heavy atom. The minimum absolute atomic E-state index is 0.0981. The Bertz CT molecular complexity index is 1370. The number of rotatable bonds is 6. The molecule has 11 heteroatoms. The number of nitrogens with zero attached hydrogens (tertiary/aromatic N) is 4. The summed E-state index contributed by atoms with van der Waals surface area (Å²) in [6.45, 7) is 6.01. The van der Waals surface area contributed by atoms with Crippen LogP contribution in [0.2, 0.25) is 0 Å². The Hall–Kier alpha value is -3.73. The molecule has 0 fully saturated rings. The Morgan fingerprint density at radius 3 is 2.39 bits per heavy atom. The fourth-order valence-electron chi connectivity index (χ4n) is 3.58. The highest BCUT2D eigenvalue weighted by molar-refractivity contribution is 8.00. The maximum absolute atomic E-state index is 13.4. The molecule has 0 atom stereocenters. The Labute approximate surface area is 209 Å². The van der Waals surface area contributed by atoms with E-state index in [1.165, 1.54) is 30.0 Å². The maximum atomic E-state index is 13.4. The lowest BCUT2D eigenvalue weighted by atomic mass is 10.0. The van der Waals surface area contributed by atoms with Crippen LogP contribution in [0.15, 0.2) is 65.8 Å². The number of carbonyl (C=O) groups is 1. The van der Waals surface area contributed by atoms with Crippen LogP contribution in [-0.4, -0.2) is 36.3 Å². The van der Waals surface area contributed by atoms with Gasteiger partial charge in [-0.1, -0.05) is 75.0 Å². The van der Waals surface area contributed by atoms with E-state index in [0.29, 0.717) is 27.7 Å². The number of nitrogens with one attached hydrogen (secondary N) is 2. The number of aromatic nitrogens is 5. The molecule has 0 spiro atoms. The molecule has 7 nitrogen and oxygen atoms in total. The molecule has 1 amide bonds. The van der Waals surface area contributed by atoms with Crippen molar-refractivity contribution in [1.82, 2.24) is 25.6 Å². The predicted octanol–water partition coefficient (Wildman–Crippen LogP) is 6.02. The summed E-state index contributed by atoms with van der Waals surface area (Å²) in [7, 11) is 0. The van der Waals surface area contributed by atoms with E-state index in [4.69, 9.17) is 0 Å². The van der Waals surface area contributed by atoms with Gasteiger partial charge in [0, 0.05) is 22.1 Å². The van der Waals surface area contributed by atoms with Gasteiger partial charge in [-0.3, -0.25) is 4.79 Å². The number of benzene rings is 2. The number of tetrazole rings is 1. The number of H-pyrrole nitrogens is 1. The zero-order valence-corrected chi connectivity index (χ0v) is 20.5. The molecule has 2 heterocycles. The van der Waals surface area contributed by atoms with Crippen molar-refractivity contribution < 1.29 is 18.0 Å². The molecule has 0 saturated carbocycles. The summed E-state index contributed by atoms with van der Waals surface area (Å²) in [5.74, 6) is -0.180. The second kappa shape index (κ2) is 10.1. The van der Waals surface area contributed by atoms with Crippen LogP contribution in [0.1, 0.15) is 31.9 Å². The molecule has 4 aromatic rings. The number of carbonyl (C=O) groups excluding carboxylic acids is 1. The van der Waals surface area contributed by atoms with Gasteiger partial charge in [0.25, 0.3) is 0 Å². The van der Waals surface area contributed by atoms with Crippen LogP contribution >= 0.6 is 11.8 Å². The van der Waals surface area contributed by atoms with Gasteiger partial charge in [0.1, 0.15) is 5.03 Å². The highest BCUT2D eigenvalue weighted by atomic mass is 32.2. The second-order valence-electron chi connectivity index (χ2n) is 8.95. The zero-order chi connectivity index (χ0) is 25.9. The third kappa shape index (κ3) is 6.09. The third-order valence-corrected chi connectivity index (χ3v) is 6.16. The van der Waals surface area contributed by atoms with E-state index in [9.17, 15) is 18.0 Å². The first kappa shape index (κ1) is 25.4. The molecule has 186 valence electrons. The first-order valence-electron chi connectivity index (χ1n) is 11.0. The minimum atomic E-state index is -4.55. The quantitative estimate of drug-likeness (QED) is 0.307. The van der Waals surface area contributed by atoms with Gasteiger partial charge < -0.3 is 5.32 Å². The van der Waals surface area contributed by atoms with E-state index in [2.05, 4.69) is 30.9 Å². The molecule has 2 aromatic heterocycles. The first-order chi connectivity index (χ1) is 17.0. The normalized spacial score (nSPS) is 11.9. The maximum Gasteiger partial charge on any atom is 0.416 e. The van der Waals surface area contributed by atoms with Crippen LogP contribution in [0.3, 0.4) is 0 Å². The van der Waals surface area contributed by atoms with Crippen molar-refractivity contribution in [3.8, 4) is 22.5 Å². The highest BCUT2D eigenvalue weighted by Gasteiger charge is 2.33. The molecule has 0 radical (unpaired) electrons. The van der Waals surface area contributed by atoms with Crippen LogP contribution in [0.4, 0.5) is 18.9 Å². The fraction of sp³-hybridized carbons (Fsp3) is 0.240. The Kier molecular flexibility index (Phi) is 7.11. The van der Waals surface area contributed by atoms with Crippen molar-refractivity contribution in [3.05, 3.63) is 71.9 Å². The number of pyridine rings is 1. The van der Waals surface area contributed by atoms with Gasteiger partial charge in [-0.15, -0.1) is 10.2 Å². The van der Waals surface area contributed by atoms with Crippen molar-refractivity contribution in [2.75, 3.05) is 5.32 Å². The van der Waals surface area contributed by atoms with Crippen molar-refractivity contribution in [3.63, 3.8) is 0 Å². The summed E-state index contributed by atoms with van der Waals surface area (Å²) >= 11 is 1.44.